The van der Waals surface area contributed by atoms with Crippen molar-refractivity contribution in [2.45, 2.75) is 6.92 Å². The molecule has 0 N–H and O–H groups in total. The highest BCUT2D eigenvalue weighted by Gasteiger charge is 1.88. The van der Waals surface area contributed by atoms with Gasteiger partial charge in [0.15, 0.2) is 0 Å². The summed E-state index contributed by atoms with van der Waals surface area (Å²) in [5.74, 6) is 0. The Bertz CT molecular complexity index is 256. The standard InChI is InChI=1S/C9H11N.CH2O/c1-8-5-3-4-6-9(8)7-10-2;1-2/h3-7H,1-2H3;1H2. The molecule has 0 atom stereocenters. The van der Waals surface area contributed by atoms with Crippen molar-refractivity contribution < 1.29 is 4.79 Å². The molecule has 0 saturated carbocycles. The summed E-state index contributed by atoms with van der Waals surface area (Å²) in [7, 11) is 1.78. The van der Waals surface area contributed by atoms with Crippen LogP contribution in [0.2, 0.25) is 0 Å². The molecule has 64 valence electrons. The van der Waals surface area contributed by atoms with Crippen LogP contribution in [0.3, 0.4) is 0 Å². The minimum atomic E-state index is 1.20. The minimum Gasteiger partial charge on any atom is -0.307 e. The second-order valence-electron chi connectivity index (χ2n) is 2.24. The van der Waals surface area contributed by atoms with E-state index in [1.807, 2.05) is 25.1 Å². The number of nitrogens with zero attached hydrogens (tertiary/aromatic N) is 1. The molecule has 0 radical (unpaired) electrons. The van der Waals surface area contributed by atoms with E-state index in [1.54, 1.807) is 7.05 Å². The first kappa shape index (κ1) is 10.6. The van der Waals surface area contributed by atoms with E-state index in [4.69, 9.17) is 4.79 Å². The van der Waals surface area contributed by atoms with Crippen molar-refractivity contribution in [2.75, 3.05) is 7.05 Å². The zero-order valence-corrected chi connectivity index (χ0v) is 7.45. The van der Waals surface area contributed by atoms with E-state index in [9.17, 15) is 0 Å². The third-order valence-electron chi connectivity index (χ3n) is 1.46. The van der Waals surface area contributed by atoms with E-state index in [0.717, 1.165) is 0 Å². The zero-order chi connectivity index (χ0) is 9.40. The van der Waals surface area contributed by atoms with Crippen LogP contribution in [0.5, 0.6) is 0 Å². The Labute approximate surface area is 73.0 Å². The number of benzene rings is 1. The topological polar surface area (TPSA) is 29.4 Å². The van der Waals surface area contributed by atoms with Gasteiger partial charge in [-0.1, -0.05) is 24.3 Å². The molecule has 2 heteroatoms. The first-order valence-corrected chi connectivity index (χ1v) is 3.61. The molecule has 0 heterocycles. The Kier molecular flexibility index (Phi) is 5.53. The molecule has 0 bridgehead atoms. The predicted octanol–water partition coefficient (Wildman–Crippen LogP) is 1.86. The molecule has 0 aromatic heterocycles. The average molecular weight is 163 g/mol. The van der Waals surface area contributed by atoms with E-state index in [0.29, 0.717) is 0 Å². The lowest BCUT2D eigenvalue weighted by molar-refractivity contribution is -0.0979. The van der Waals surface area contributed by atoms with Gasteiger partial charge < -0.3 is 4.79 Å². The van der Waals surface area contributed by atoms with Gasteiger partial charge >= 0.3 is 0 Å². The molecular weight excluding hydrogens is 150 g/mol. The smallest absolute Gasteiger partial charge is 0.106 e. The Morgan fingerprint density at radius 1 is 1.33 bits per heavy atom. The lowest BCUT2D eigenvalue weighted by Gasteiger charge is -1.95. The molecule has 1 rings (SSSR count). The summed E-state index contributed by atoms with van der Waals surface area (Å²) >= 11 is 0. The highest BCUT2D eigenvalue weighted by atomic mass is 16.1. The van der Waals surface area contributed by atoms with Crippen molar-refractivity contribution >= 4 is 13.0 Å². The van der Waals surface area contributed by atoms with Crippen molar-refractivity contribution in [2.24, 2.45) is 4.99 Å². The number of aryl methyl sites for hydroxylation is 1. The Morgan fingerprint density at radius 2 is 1.92 bits per heavy atom. The molecule has 12 heavy (non-hydrogen) atoms. The van der Waals surface area contributed by atoms with Crippen LogP contribution in [0.15, 0.2) is 29.3 Å². The fourth-order valence-electron chi connectivity index (χ4n) is 0.871. The molecule has 1 aromatic carbocycles. The van der Waals surface area contributed by atoms with Crippen LogP contribution in [0, 0.1) is 6.92 Å². The molecule has 0 unspecified atom stereocenters. The zero-order valence-electron chi connectivity index (χ0n) is 7.45. The first-order valence-electron chi connectivity index (χ1n) is 3.61. The molecule has 2 nitrogen and oxygen atoms in total. The summed E-state index contributed by atoms with van der Waals surface area (Å²) in [6, 6.07) is 8.19. The number of hydrogen-bond acceptors (Lipinski definition) is 2. The van der Waals surface area contributed by atoms with Crippen LogP contribution in [-0.2, 0) is 4.79 Å². The van der Waals surface area contributed by atoms with Crippen LogP contribution < -0.4 is 0 Å². The van der Waals surface area contributed by atoms with Crippen molar-refractivity contribution in [1.29, 1.82) is 0 Å². The van der Waals surface area contributed by atoms with Gasteiger partial charge in [-0.15, -0.1) is 0 Å². The number of carbonyl (C=O) groups excluding carboxylic acids is 1. The van der Waals surface area contributed by atoms with Gasteiger partial charge in [0.2, 0.25) is 0 Å². The Morgan fingerprint density at radius 3 is 2.42 bits per heavy atom. The van der Waals surface area contributed by atoms with Crippen molar-refractivity contribution in [3.63, 3.8) is 0 Å². The van der Waals surface area contributed by atoms with Crippen LogP contribution >= 0.6 is 0 Å². The molecule has 0 aliphatic rings. The lowest BCUT2D eigenvalue weighted by atomic mass is 10.1. The van der Waals surface area contributed by atoms with Crippen LogP contribution in [0.4, 0.5) is 0 Å². The van der Waals surface area contributed by atoms with Gasteiger partial charge in [0.05, 0.1) is 0 Å². The first-order chi connectivity index (χ1) is 5.84. The summed E-state index contributed by atoms with van der Waals surface area (Å²) in [4.78, 5) is 11.9. The summed E-state index contributed by atoms with van der Waals surface area (Å²) in [5.41, 5.74) is 2.47. The molecule has 0 saturated heterocycles. The van der Waals surface area contributed by atoms with Gasteiger partial charge in [-0.25, -0.2) is 0 Å². The van der Waals surface area contributed by atoms with Gasteiger partial charge in [-0.3, -0.25) is 4.99 Å². The van der Waals surface area contributed by atoms with Crippen molar-refractivity contribution in [3.05, 3.63) is 35.4 Å². The molecule has 1 aromatic rings. The summed E-state index contributed by atoms with van der Waals surface area (Å²) < 4.78 is 0. The van der Waals surface area contributed by atoms with Gasteiger partial charge in [-0.05, 0) is 18.1 Å². The second kappa shape index (κ2) is 6.28. The van der Waals surface area contributed by atoms with E-state index in [1.165, 1.54) is 11.1 Å². The van der Waals surface area contributed by atoms with Crippen LogP contribution in [0.25, 0.3) is 0 Å². The van der Waals surface area contributed by atoms with E-state index in [2.05, 4.69) is 24.0 Å². The Hall–Kier alpha value is -1.44. The van der Waals surface area contributed by atoms with Crippen molar-refractivity contribution in [3.8, 4) is 0 Å². The van der Waals surface area contributed by atoms with Crippen molar-refractivity contribution in [1.82, 2.24) is 0 Å². The van der Waals surface area contributed by atoms with Gasteiger partial charge in [0.1, 0.15) is 6.79 Å². The monoisotopic (exact) mass is 163 g/mol. The quantitative estimate of drug-likeness (QED) is 0.581. The van der Waals surface area contributed by atoms with E-state index in [-0.39, 0.29) is 0 Å². The third-order valence-corrected chi connectivity index (χ3v) is 1.46. The molecule has 0 amide bonds. The number of hydrogen-bond donors (Lipinski definition) is 0. The van der Waals surface area contributed by atoms with Gasteiger partial charge in [-0.2, -0.15) is 0 Å². The molecule has 0 fully saturated rings. The molecule has 0 spiro atoms. The van der Waals surface area contributed by atoms with Crippen LogP contribution in [-0.4, -0.2) is 20.1 Å². The largest absolute Gasteiger partial charge is 0.307 e. The normalized spacial score (nSPS) is 9.17. The number of aliphatic imine (C=N–C) groups is 1. The summed E-state index contributed by atoms with van der Waals surface area (Å²) in [6.07, 6.45) is 1.87. The van der Waals surface area contributed by atoms with E-state index < -0.39 is 0 Å². The minimum absolute atomic E-state index is 1.20. The van der Waals surface area contributed by atoms with E-state index >= 15 is 0 Å². The van der Waals surface area contributed by atoms with Crippen LogP contribution in [0.1, 0.15) is 11.1 Å². The fourth-order valence-corrected chi connectivity index (χ4v) is 0.871. The summed E-state index contributed by atoms with van der Waals surface area (Å²) in [5, 5.41) is 0. The SMILES string of the molecule is C=O.CN=Cc1ccccc1C. The Balaban J connectivity index is 0.000000561. The number of carbonyl (C=O) groups is 1. The maximum absolute atomic E-state index is 8.00. The molecular formula is C10H13NO. The number of rotatable bonds is 1. The highest BCUT2D eigenvalue weighted by molar-refractivity contribution is 5.81. The average Bonchev–Trinajstić information content (AvgIpc) is 2.13. The fraction of sp³-hybridized carbons (Fsp3) is 0.200. The molecule has 0 aliphatic heterocycles. The molecule has 0 aliphatic carbocycles. The second-order valence-corrected chi connectivity index (χ2v) is 2.24. The maximum atomic E-state index is 8.00. The summed E-state index contributed by atoms with van der Waals surface area (Å²) in [6.45, 7) is 4.08. The van der Waals surface area contributed by atoms with Gasteiger partial charge in [0.25, 0.3) is 0 Å². The predicted molar refractivity (Wildman–Crippen MR) is 51.8 cm³/mol. The highest BCUT2D eigenvalue weighted by Crippen LogP contribution is 2.02. The third kappa shape index (κ3) is 3.10. The lowest BCUT2D eigenvalue weighted by Crippen LogP contribution is -1.84. The maximum Gasteiger partial charge on any atom is 0.106 e. The van der Waals surface area contributed by atoms with Gasteiger partial charge in [0, 0.05) is 13.3 Å².